The second kappa shape index (κ2) is 23.1. The van der Waals surface area contributed by atoms with E-state index in [9.17, 15) is 28.8 Å². The average Bonchev–Trinajstić information content (AvgIpc) is 3.41. The predicted octanol–water partition coefficient (Wildman–Crippen LogP) is 11.3. The third kappa shape index (κ3) is 12.5. The van der Waals surface area contributed by atoms with Gasteiger partial charge < -0.3 is 28.4 Å². The lowest BCUT2D eigenvalue weighted by Gasteiger charge is -2.24. The molecule has 1 atom stereocenters. The van der Waals surface area contributed by atoms with Gasteiger partial charge >= 0.3 is 35.8 Å². The first-order valence-corrected chi connectivity index (χ1v) is 22.5. The summed E-state index contributed by atoms with van der Waals surface area (Å²) in [6.07, 6.45) is 15.9. The van der Waals surface area contributed by atoms with Gasteiger partial charge in [-0.3, -0.25) is 0 Å². The number of carbonyl (C=O) groups excluding carboxylic acids is 6. The van der Waals surface area contributed by atoms with Crippen LogP contribution in [0.1, 0.15) is 48.5 Å². The van der Waals surface area contributed by atoms with Crippen LogP contribution >= 0.6 is 0 Å². The standard InChI is InChI=1S/C60H44O12/c1-67-53(61)33-21-41-17-29-49-45(37-41)23-31-51(71-55(63)35-19-39-13-25-47(26-14-39)69-59(65)43-9-5-3-6-10-43)57(49)58-50-30-18-42(22-34-54(62)68-2)38-46(50)24-32-52(58)72-56(64)36-20-40-15-27-48(28-16-40)70-60(66)44-11-7-4-8-12-44/h3-37,42H,38H2,1-2H3/b33-21+,34-22+,35-19+,36-20+/t42-/m0/s1. The Morgan fingerprint density at radius 2 is 0.958 bits per heavy atom. The molecule has 72 heavy (non-hydrogen) atoms. The molecule has 1 aliphatic rings. The van der Waals surface area contributed by atoms with Crippen molar-refractivity contribution in [2.45, 2.75) is 6.42 Å². The first-order valence-electron chi connectivity index (χ1n) is 22.5. The number of benzene rings is 7. The van der Waals surface area contributed by atoms with Crippen LogP contribution < -0.4 is 18.9 Å². The molecule has 0 bridgehead atoms. The summed E-state index contributed by atoms with van der Waals surface area (Å²) in [5, 5.41) is 1.32. The zero-order chi connectivity index (χ0) is 50.4. The second-order valence-corrected chi connectivity index (χ2v) is 16.1. The second-order valence-electron chi connectivity index (χ2n) is 16.1. The fourth-order valence-electron chi connectivity index (χ4n) is 7.69. The summed E-state index contributed by atoms with van der Waals surface area (Å²) >= 11 is 0. The molecule has 0 aromatic heterocycles. The third-order valence-corrected chi connectivity index (χ3v) is 11.3. The van der Waals surface area contributed by atoms with Gasteiger partial charge in [0.2, 0.25) is 0 Å². The van der Waals surface area contributed by atoms with Crippen LogP contribution in [-0.2, 0) is 35.1 Å². The Morgan fingerprint density at radius 3 is 1.51 bits per heavy atom. The van der Waals surface area contributed by atoms with Gasteiger partial charge in [0, 0.05) is 35.4 Å². The van der Waals surface area contributed by atoms with Crippen molar-refractivity contribution in [3.8, 4) is 34.1 Å². The van der Waals surface area contributed by atoms with Gasteiger partial charge in [-0.1, -0.05) is 103 Å². The lowest BCUT2D eigenvalue weighted by molar-refractivity contribution is -0.135. The zero-order valence-corrected chi connectivity index (χ0v) is 38.9. The largest absolute Gasteiger partial charge is 0.466 e. The molecular formula is C60H44O12. The molecule has 0 aliphatic heterocycles. The van der Waals surface area contributed by atoms with Gasteiger partial charge in [0.05, 0.1) is 25.3 Å². The Labute approximate surface area is 414 Å². The quantitative estimate of drug-likeness (QED) is 0.0545. The molecule has 0 N–H and O–H groups in total. The zero-order valence-electron chi connectivity index (χ0n) is 38.9. The number of allylic oxidation sites excluding steroid dienone is 2. The highest BCUT2D eigenvalue weighted by molar-refractivity contribution is 6.06. The first kappa shape index (κ1) is 48.8. The molecule has 12 heteroatoms. The average molecular weight is 957 g/mol. The summed E-state index contributed by atoms with van der Waals surface area (Å²) in [7, 11) is 2.59. The van der Waals surface area contributed by atoms with Crippen LogP contribution in [-0.4, -0.2) is 50.0 Å². The molecule has 0 heterocycles. The van der Waals surface area contributed by atoms with Gasteiger partial charge in [-0.15, -0.1) is 0 Å². The van der Waals surface area contributed by atoms with Gasteiger partial charge in [0.25, 0.3) is 0 Å². The summed E-state index contributed by atoms with van der Waals surface area (Å²) < 4.78 is 32.9. The molecule has 356 valence electrons. The van der Waals surface area contributed by atoms with Gasteiger partial charge in [0.15, 0.2) is 0 Å². The highest BCUT2D eigenvalue weighted by Gasteiger charge is 2.26. The summed E-state index contributed by atoms with van der Waals surface area (Å²) in [5.41, 5.74) is 5.15. The minimum Gasteiger partial charge on any atom is -0.466 e. The molecule has 7 aromatic rings. The van der Waals surface area contributed by atoms with E-state index in [-0.39, 0.29) is 17.4 Å². The molecule has 0 amide bonds. The Bertz CT molecular complexity index is 3330. The van der Waals surface area contributed by atoms with E-state index in [1.807, 2.05) is 30.4 Å². The minimum absolute atomic E-state index is 0.147. The Morgan fingerprint density at radius 1 is 0.472 bits per heavy atom. The number of hydrogen-bond acceptors (Lipinski definition) is 12. The number of rotatable bonds is 15. The minimum atomic E-state index is -0.719. The molecule has 7 aromatic carbocycles. The summed E-state index contributed by atoms with van der Waals surface area (Å²) in [6.45, 7) is 0. The van der Waals surface area contributed by atoms with Gasteiger partial charge in [-0.2, -0.15) is 0 Å². The Kier molecular flexibility index (Phi) is 15.6. The number of carbonyl (C=O) groups is 6. The fraction of sp³-hybridized carbons (Fsp3) is 0.0667. The highest BCUT2D eigenvalue weighted by Crippen LogP contribution is 2.47. The van der Waals surface area contributed by atoms with Gasteiger partial charge in [-0.05, 0) is 136 Å². The van der Waals surface area contributed by atoms with Crippen LogP contribution in [0.4, 0.5) is 0 Å². The number of esters is 6. The predicted molar refractivity (Wildman–Crippen MR) is 273 cm³/mol. The van der Waals surface area contributed by atoms with Gasteiger partial charge in [-0.25, -0.2) is 28.8 Å². The van der Waals surface area contributed by atoms with Crippen LogP contribution in [0.2, 0.25) is 0 Å². The maximum absolute atomic E-state index is 13.8. The van der Waals surface area contributed by atoms with Crippen LogP contribution in [0.5, 0.6) is 23.0 Å². The Balaban J connectivity index is 1.13. The lowest BCUT2D eigenvalue weighted by atomic mass is 9.83. The van der Waals surface area contributed by atoms with Gasteiger partial charge in [0.1, 0.15) is 23.0 Å². The molecule has 0 spiro atoms. The summed E-state index contributed by atoms with van der Waals surface area (Å²) in [5.74, 6) is -2.70. The highest BCUT2D eigenvalue weighted by atomic mass is 16.6. The monoisotopic (exact) mass is 956 g/mol. The SMILES string of the molecule is COC(=O)/C=C/c1ccc2c(-c3c(OC(=O)/C=C/c4ccc(OC(=O)c5ccccc5)cc4)ccc4c3C=C[C@@H](/C=C/C(=O)OC)C4)c(OC(=O)/C=C/c3ccc(OC(=O)c4ccccc4)cc3)ccc2c1. The molecule has 0 saturated carbocycles. The van der Waals surface area contributed by atoms with Crippen LogP contribution in [0.15, 0.2) is 188 Å². The maximum atomic E-state index is 13.8. The molecule has 0 fully saturated rings. The van der Waals surface area contributed by atoms with E-state index in [1.165, 1.54) is 38.5 Å². The van der Waals surface area contributed by atoms with Crippen molar-refractivity contribution in [1.29, 1.82) is 0 Å². The van der Waals surface area contributed by atoms with Crippen LogP contribution in [0, 0.1) is 5.92 Å². The number of ether oxygens (including phenoxy) is 6. The third-order valence-electron chi connectivity index (χ3n) is 11.3. The van der Waals surface area contributed by atoms with E-state index in [2.05, 4.69) is 0 Å². The van der Waals surface area contributed by atoms with Crippen molar-refractivity contribution in [2.24, 2.45) is 5.92 Å². The number of hydrogen-bond donors (Lipinski definition) is 0. The summed E-state index contributed by atoms with van der Waals surface area (Å²) in [4.78, 5) is 76.8. The fourth-order valence-corrected chi connectivity index (χ4v) is 7.69. The van der Waals surface area contributed by atoms with Crippen molar-refractivity contribution in [2.75, 3.05) is 14.2 Å². The van der Waals surface area contributed by atoms with Crippen molar-refractivity contribution >= 4 is 70.9 Å². The van der Waals surface area contributed by atoms with E-state index in [4.69, 9.17) is 28.4 Å². The molecule has 0 saturated heterocycles. The molecule has 12 nitrogen and oxygen atoms in total. The number of fused-ring (bicyclic) bond motifs is 2. The first-order chi connectivity index (χ1) is 35.0. The van der Waals surface area contributed by atoms with Crippen LogP contribution in [0.3, 0.4) is 0 Å². The van der Waals surface area contributed by atoms with E-state index >= 15 is 0 Å². The summed E-state index contributed by atoms with van der Waals surface area (Å²) in [6, 6.07) is 42.8. The van der Waals surface area contributed by atoms with Crippen molar-refractivity contribution in [1.82, 2.24) is 0 Å². The van der Waals surface area contributed by atoms with E-state index in [1.54, 1.807) is 158 Å². The van der Waals surface area contributed by atoms with Crippen molar-refractivity contribution in [3.63, 3.8) is 0 Å². The van der Waals surface area contributed by atoms with E-state index in [0.29, 0.717) is 73.2 Å². The van der Waals surface area contributed by atoms with Crippen molar-refractivity contribution < 1.29 is 57.2 Å². The topological polar surface area (TPSA) is 158 Å². The smallest absolute Gasteiger partial charge is 0.343 e. The Hall–Kier alpha value is -9.68. The van der Waals surface area contributed by atoms with Crippen LogP contribution in [0.25, 0.3) is 46.2 Å². The van der Waals surface area contributed by atoms with E-state index in [0.717, 1.165) is 5.56 Å². The normalized spacial score (nSPS) is 13.0. The molecule has 1 aliphatic carbocycles. The molecule has 0 radical (unpaired) electrons. The maximum Gasteiger partial charge on any atom is 0.343 e. The lowest BCUT2D eigenvalue weighted by Crippen LogP contribution is -2.11. The molecular weight excluding hydrogens is 913 g/mol. The van der Waals surface area contributed by atoms with E-state index < -0.39 is 35.8 Å². The van der Waals surface area contributed by atoms with Crippen molar-refractivity contribution in [3.05, 3.63) is 227 Å². The number of methoxy groups -OCH3 is 2. The molecule has 0 unspecified atom stereocenters. The molecule has 8 rings (SSSR count).